The molecule has 3 rings (SSSR count). The van der Waals surface area contributed by atoms with Crippen LogP contribution in [0.2, 0.25) is 0 Å². The number of nitrogens with zero attached hydrogens (tertiary/aromatic N) is 4. The Morgan fingerprint density at radius 1 is 1.11 bits per heavy atom. The van der Waals surface area contributed by atoms with Crippen LogP contribution in [0.25, 0.3) is 16.9 Å². The second-order valence-electron chi connectivity index (χ2n) is 4.19. The van der Waals surface area contributed by atoms with Gasteiger partial charge in [-0.15, -0.1) is 0 Å². The predicted molar refractivity (Wildman–Crippen MR) is 73.7 cm³/mol. The Labute approximate surface area is 110 Å². The van der Waals surface area contributed by atoms with E-state index in [1.807, 2.05) is 35.8 Å². The summed E-state index contributed by atoms with van der Waals surface area (Å²) in [7, 11) is 0. The first kappa shape index (κ1) is 11.4. The van der Waals surface area contributed by atoms with Crippen molar-refractivity contribution in [3.8, 4) is 16.9 Å². The van der Waals surface area contributed by atoms with Gasteiger partial charge < -0.3 is 5.73 Å². The van der Waals surface area contributed by atoms with Crippen LogP contribution in [0.4, 0.5) is 5.82 Å². The Kier molecular flexibility index (Phi) is 2.72. The van der Waals surface area contributed by atoms with Gasteiger partial charge in [-0.3, -0.25) is 9.55 Å². The number of nitrogen functional groups attached to an aromatic ring is 1. The number of aryl methyl sites for hydroxylation is 1. The van der Waals surface area contributed by atoms with E-state index in [9.17, 15) is 0 Å². The maximum Gasteiger partial charge on any atom is 0.132 e. The van der Waals surface area contributed by atoms with Gasteiger partial charge in [0.05, 0.1) is 29.6 Å². The van der Waals surface area contributed by atoms with Crippen molar-refractivity contribution >= 4 is 5.82 Å². The molecule has 0 amide bonds. The lowest BCUT2D eigenvalue weighted by atomic mass is 10.2. The number of anilines is 1. The van der Waals surface area contributed by atoms with Crippen LogP contribution >= 0.6 is 0 Å². The highest BCUT2D eigenvalue weighted by Crippen LogP contribution is 2.26. The smallest absolute Gasteiger partial charge is 0.132 e. The van der Waals surface area contributed by atoms with E-state index in [0.717, 1.165) is 22.6 Å². The third kappa shape index (κ3) is 1.95. The molecule has 0 aliphatic rings. The van der Waals surface area contributed by atoms with E-state index in [4.69, 9.17) is 5.73 Å². The number of rotatable bonds is 2. The highest BCUT2D eigenvalue weighted by molar-refractivity contribution is 5.72. The highest BCUT2D eigenvalue weighted by Gasteiger charge is 2.11. The number of aromatic nitrogens is 4. The normalized spacial score (nSPS) is 10.6. The van der Waals surface area contributed by atoms with Gasteiger partial charge in [-0.1, -0.05) is 0 Å². The van der Waals surface area contributed by atoms with Crippen molar-refractivity contribution in [2.45, 2.75) is 6.92 Å². The quantitative estimate of drug-likeness (QED) is 0.758. The first-order chi connectivity index (χ1) is 9.27. The SMILES string of the molecule is Cc1ncccc1-n1cncc1-c1cccnc1N. The molecule has 0 unspecified atom stereocenters. The van der Waals surface area contributed by atoms with Gasteiger partial charge in [-0.2, -0.15) is 0 Å². The fourth-order valence-corrected chi connectivity index (χ4v) is 2.05. The van der Waals surface area contributed by atoms with E-state index < -0.39 is 0 Å². The molecule has 5 heteroatoms. The molecule has 3 heterocycles. The van der Waals surface area contributed by atoms with Crippen LogP contribution in [0.5, 0.6) is 0 Å². The topological polar surface area (TPSA) is 69.6 Å². The zero-order valence-electron chi connectivity index (χ0n) is 10.5. The first-order valence-electron chi connectivity index (χ1n) is 5.92. The van der Waals surface area contributed by atoms with Gasteiger partial charge >= 0.3 is 0 Å². The van der Waals surface area contributed by atoms with Crippen molar-refractivity contribution in [3.05, 3.63) is 54.9 Å². The number of hydrogen-bond acceptors (Lipinski definition) is 4. The minimum atomic E-state index is 0.491. The van der Waals surface area contributed by atoms with E-state index in [1.54, 1.807) is 24.9 Å². The molecule has 2 N–H and O–H groups in total. The minimum Gasteiger partial charge on any atom is -0.383 e. The largest absolute Gasteiger partial charge is 0.383 e. The molecule has 0 spiro atoms. The van der Waals surface area contributed by atoms with Gasteiger partial charge in [0.25, 0.3) is 0 Å². The van der Waals surface area contributed by atoms with Gasteiger partial charge in [0.15, 0.2) is 0 Å². The zero-order chi connectivity index (χ0) is 13.2. The zero-order valence-corrected chi connectivity index (χ0v) is 10.5. The third-order valence-electron chi connectivity index (χ3n) is 2.99. The summed E-state index contributed by atoms with van der Waals surface area (Å²) in [5.41, 5.74) is 9.62. The lowest BCUT2D eigenvalue weighted by Gasteiger charge is -2.11. The van der Waals surface area contributed by atoms with Gasteiger partial charge in [0.2, 0.25) is 0 Å². The van der Waals surface area contributed by atoms with E-state index in [0.29, 0.717) is 5.82 Å². The van der Waals surface area contributed by atoms with Crippen molar-refractivity contribution in [1.29, 1.82) is 0 Å². The van der Waals surface area contributed by atoms with Crippen LogP contribution in [-0.2, 0) is 0 Å². The molecule has 5 nitrogen and oxygen atoms in total. The van der Waals surface area contributed by atoms with E-state index >= 15 is 0 Å². The molecular weight excluding hydrogens is 238 g/mol. The Balaban J connectivity index is 2.20. The molecule has 0 fully saturated rings. The maximum absolute atomic E-state index is 5.93. The molecule has 0 aliphatic carbocycles. The van der Waals surface area contributed by atoms with E-state index in [-0.39, 0.29) is 0 Å². The van der Waals surface area contributed by atoms with Crippen LogP contribution in [0.3, 0.4) is 0 Å². The van der Waals surface area contributed by atoms with Gasteiger partial charge in [-0.05, 0) is 31.2 Å². The molecule has 94 valence electrons. The Morgan fingerprint density at radius 2 is 1.89 bits per heavy atom. The van der Waals surface area contributed by atoms with Crippen LogP contribution in [0.1, 0.15) is 5.69 Å². The van der Waals surface area contributed by atoms with Crippen molar-refractivity contribution in [1.82, 2.24) is 19.5 Å². The fourth-order valence-electron chi connectivity index (χ4n) is 2.05. The molecule has 0 saturated heterocycles. The lowest BCUT2D eigenvalue weighted by molar-refractivity contribution is 1.01. The summed E-state index contributed by atoms with van der Waals surface area (Å²) in [6, 6.07) is 7.69. The Hall–Kier alpha value is -2.69. The minimum absolute atomic E-state index is 0.491. The van der Waals surface area contributed by atoms with Crippen LogP contribution in [-0.4, -0.2) is 19.5 Å². The molecule has 0 aliphatic heterocycles. The van der Waals surface area contributed by atoms with Gasteiger partial charge in [-0.25, -0.2) is 9.97 Å². The van der Waals surface area contributed by atoms with Crippen LogP contribution < -0.4 is 5.73 Å². The summed E-state index contributed by atoms with van der Waals surface area (Å²) in [5, 5.41) is 0. The average molecular weight is 251 g/mol. The summed E-state index contributed by atoms with van der Waals surface area (Å²) >= 11 is 0. The van der Waals surface area contributed by atoms with Crippen molar-refractivity contribution in [2.75, 3.05) is 5.73 Å². The summed E-state index contributed by atoms with van der Waals surface area (Å²) in [4.78, 5) is 12.6. The molecule has 0 atom stereocenters. The third-order valence-corrected chi connectivity index (χ3v) is 2.99. The van der Waals surface area contributed by atoms with Crippen LogP contribution in [0, 0.1) is 6.92 Å². The van der Waals surface area contributed by atoms with Crippen LogP contribution in [0.15, 0.2) is 49.2 Å². The first-order valence-corrected chi connectivity index (χ1v) is 5.92. The summed E-state index contributed by atoms with van der Waals surface area (Å²) in [6.07, 6.45) is 6.98. The number of hydrogen-bond donors (Lipinski definition) is 1. The number of pyridine rings is 2. The molecule has 0 saturated carbocycles. The monoisotopic (exact) mass is 251 g/mol. The second kappa shape index (κ2) is 4.53. The summed E-state index contributed by atoms with van der Waals surface area (Å²) in [6.45, 7) is 1.96. The summed E-state index contributed by atoms with van der Waals surface area (Å²) in [5.74, 6) is 0.491. The average Bonchev–Trinajstić information content (AvgIpc) is 2.89. The molecule has 0 bridgehead atoms. The molecular formula is C14H13N5. The highest BCUT2D eigenvalue weighted by atomic mass is 15.1. The predicted octanol–water partition coefficient (Wildman–Crippen LogP) is 2.22. The Bertz CT molecular complexity index is 657. The number of nitrogens with two attached hydrogens (primary N) is 1. The molecule has 0 radical (unpaired) electrons. The Morgan fingerprint density at radius 3 is 2.68 bits per heavy atom. The second-order valence-corrected chi connectivity index (χ2v) is 4.19. The lowest BCUT2D eigenvalue weighted by Crippen LogP contribution is -2.01. The van der Waals surface area contributed by atoms with Gasteiger partial charge in [0.1, 0.15) is 5.82 Å². The van der Waals surface area contributed by atoms with Crippen molar-refractivity contribution < 1.29 is 0 Å². The molecule has 3 aromatic heterocycles. The maximum atomic E-state index is 5.93. The van der Waals surface area contributed by atoms with E-state index in [1.165, 1.54) is 0 Å². The van der Waals surface area contributed by atoms with Gasteiger partial charge in [0, 0.05) is 18.0 Å². The standard InChI is InChI=1S/C14H13N5/c1-10-12(5-3-6-17-10)19-9-16-8-13(19)11-4-2-7-18-14(11)15/h2-9H,1H3,(H2,15,18). The molecule has 3 aromatic rings. The number of imidazole rings is 1. The van der Waals surface area contributed by atoms with Crippen molar-refractivity contribution in [2.24, 2.45) is 0 Å². The molecule has 19 heavy (non-hydrogen) atoms. The fraction of sp³-hybridized carbons (Fsp3) is 0.0714. The molecule has 0 aromatic carbocycles. The van der Waals surface area contributed by atoms with E-state index in [2.05, 4.69) is 15.0 Å². The summed E-state index contributed by atoms with van der Waals surface area (Å²) < 4.78 is 1.97. The van der Waals surface area contributed by atoms with Crippen molar-refractivity contribution in [3.63, 3.8) is 0 Å².